The van der Waals surface area contributed by atoms with Crippen LogP contribution in [0.15, 0.2) is 60.7 Å². The minimum Gasteiger partial charge on any atom is -0.364 e. The fourth-order valence-corrected chi connectivity index (χ4v) is 2.94. The molecule has 1 unspecified atom stereocenters. The normalized spacial score (nSPS) is 16.7. The van der Waals surface area contributed by atoms with Crippen LogP contribution in [-0.2, 0) is 4.74 Å². The highest BCUT2D eigenvalue weighted by Crippen LogP contribution is 2.22. The standard InChI is InChI=1S/C20H24N2O2/c23-19(17-7-3-1-4-8-17)20(18-9-5-2-6-10-18)24-16-15-22-13-11-21-12-14-22/h1-10,20-21H,11-16H2. The summed E-state index contributed by atoms with van der Waals surface area (Å²) in [5, 5.41) is 3.34. The van der Waals surface area contributed by atoms with Gasteiger partial charge < -0.3 is 10.1 Å². The summed E-state index contributed by atoms with van der Waals surface area (Å²) in [5.74, 6) is 0.0158. The van der Waals surface area contributed by atoms with Crippen LogP contribution in [0.4, 0.5) is 0 Å². The Bertz CT molecular complexity index is 625. The van der Waals surface area contributed by atoms with Crippen molar-refractivity contribution in [1.82, 2.24) is 10.2 Å². The number of hydrogen-bond donors (Lipinski definition) is 1. The fraction of sp³-hybridized carbons (Fsp3) is 0.350. The summed E-state index contributed by atoms with van der Waals surface area (Å²) in [6, 6.07) is 19.1. The van der Waals surface area contributed by atoms with Crippen LogP contribution in [0.2, 0.25) is 0 Å². The first-order chi connectivity index (χ1) is 11.8. The number of Topliss-reactive ketones (excluding diaryl/α,β-unsaturated/α-hetero) is 1. The predicted octanol–water partition coefficient (Wildman–Crippen LogP) is 2.53. The average Bonchev–Trinajstić information content (AvgIpc) is 2.67. The van der Waals surface area contributed by atoms with Gasteiger partial charge in [0.05, 0.1) is 6.61 Å². The molecule has 4 nitrogen and oxygen atoms in total. The van der Waals surface area contributed by atoms with Crippen LogP contribution in [0.25, 0.3) is 0 Å². The molecule has 4 heteroatoms. The zero-order valence-electron chi connectivity index (χ0n) is 13.9. The Morgan fingerprint density at radius 2 is 1.62 bits per heavy atom. The second kappa shape index (κ2) is 8.73. The van der Waals surface area contributed by atoms with Gasteiger partial charge in [0.1, 0.15) is 6.10 Å². The van der Waals surface area contributed by atoms with Crippen LogP contribution in [0.5, 0.6) is 0 Å². The number of ether oxygens (including phenoxy) is 1. The van der Waals surface area contributed by atoms with Gasteiger partial charge in [-0.2, -0.15) is 0 Å². The number of piperazine rings is 1. The van der Waals surface area contributed by atoms with E-state index in [0.717, 1.165) is 38.3 Å². The van der Waals surface area contributed by atoms with Gasteiger partial charge in [0, 0.05) is 38.3 Å². The average molecular weight is 324 g/mol. The number of carbonyl (C=O) groups excluding carboxylic acids is 1. The fourth-order valence-electron chi connectivity index (χ4n) is 2.94. The van der Waals surface area contributed by atoms with Crippen molar-refractivity contribution in [1.29, 1.82) is 0 Å². The molecule has 1 N–H and O–H groups in total. The van der Waals surface area contributed by atoms with E-state index in [1.165, 1.54) is 0 Å². The number of nitrogens with zero attached hydrogens (tertiary/aromatic N) is 1. The maximum atomic E-state index is 12.9. The smallest absolute Gasteiger partial charge is 0.196 e. The lowest BCUT2D eigenvalue weighted by Gasteiger charge is -2.27. The molecule has 1 aliphatic rings. The zero-order valence-corrected chi connectivity index (χ0v) is 13.9. The van der Waals surface area contributed by atoms with E-state index in [9.17, 15) is 4.79 Å². The molecule has 2 aromatic carbocycles. The van der Waals surface area contributed by atoms with Crippen molar-refractivity contribution < 1.29 is 9.53 Å². The van der Waals surface area contributed by atoms with Crippen molar-refractivity contribution in [3.8, 4) is 0 Å². The molecule has 24 heavy (non-hydrogen) atoms. The first kappa shape index (κ1) is 16.8. The molecule has 1 atom stereocenters. The summed E-state index contributed by atoms with van der Waals surface area (Å²) in [5.41, 5.74) is 1.60. The molecule has 3 rings (SSSR count). The monoisotopic (exact) mass is 324 g/mol. The van der Waals surface area contributed by atoms with Crippen LogP contribution < -0.4 is 5.32 Å². The van der Waals surface area contributed by atoms with Crippen LogP contribution in [0.3, 0.4) is 0 Å². The lowest BCUT2D eigenvalue weighted by atomic mass is 10.00. The van der Waals surface area contributed by atoms with E-state index in [2.05, 4.69) is 10.2 Å². The summed E-state index contributed by atoms with van der Waals surface area (Å²) in [6.45, 7) is 5.51. The third-order valence-corrected chi connectivity index (χ3v) is 4.30. The highest BCUT2D eigenvalue weighted by atomic mass is 16.5. The highest BCUT2D eigenvalue weighted by Gasteiger charge is 2.23. The van der Waals surface area contributed by atoms with Gasteiger partial charge in [0.15, 0.2) is 5.78 Å². The quantitative estimate of drug-likeness (QED) is 0.795. The molecule has 0 radical (unpaired) electrons. The lowest BCUT2D eigenvalue weighted by molar-refractivity contribution is 0.0307. The van der Waals surface area contributed by atoms with Gasteiger partial charge in [-0.05, 0) is 5.56 Å². The number of carbonyl (C=O) groups is 1. The number of hydrogen-bond acceptors (Lipinski definition) is 4. The summed E-state index contributed by atoms with van der Waals surface area (Å²) in [4.78, 5) is 15.2. The van der Waals surface area contributed by atoms with Crippen LogP contribution >= 0.6 is 0 Å². The van der Waals surface area contributed by atoms with Crippen molar-refractivity contribution in [2.45, 2.75) is 6.10 Å². The number of ketones is 1. The number of nitrogens with one attached hydrogen (secondary N) is 1. The molecule has 0 saturated carbocycles. The number of rotatable bonds is 7. The largest absolute Gasteiger partial charge is 0.364 e. The Labute approximate surface area is 143 Å². The van der Waals surface area contributed by atoms with E-state index in [4.69, 9.17) is 4.74 Å². The molecule has 0 aliphatic carbocycles. The van der Waals surface area contributed by atoms with Crippen molar-refractivity contribution in [3.63, 3.8) is 0 Å². The molecule has 2 aromatic rings. The molecule has 1 fully saturated rings. The maximum Gasteiger partial charge on any atom is 0.196 e. The Kier molecular flexibility index (Phi) is 6.13. The molecule has 1 saturated heterocycles. The third kappa shape index (κ3) is 4.51. The highest BCUT2D eigenvalue weighted by molar-refractivity contribution is 6.00. The Hall–Kier alpha value is -2.01. The molecule has 1 aliphatic heterocycles. The van der Waals surface area contributed by atoms with E-state index < -0.39 is 6.10 Å². The maximum absolute atomic E-state index is 12.9. The van der Waals surface area contributed by atoms with Gasteiger partial charge in [-0.25, -0.2) is 0 Å². The van der Waals surface area contributed by atoms with E-state index in [1.807, 2.05) is 60.7 Å². The summed E-state index contributed by atoms with van der Waals surface area (Å²) in [7, 11) is 0. The Balaban J connectivity index is 1.67. The molecule has 0 bridgehead atoms. The Morgan fingerprint density at radius 1 is 1.00 bits per heavy atom. The van der Waals surface area contributed by atoms with Gasteiger partial charge in [-0.15, -0.1) is 0 Å². The van der Waals surface area contributed by atoms with Crippen molar-refractivity contribution in [2.24, 2.45) is 0 Å². The first-order valence-corrected chi connectivity index (χ1v) is 8.53. The lowest BCUT2D eigenvalue weighted by Crippen LogP contribution is -2.44. The first-order valence-electron chi connectivity index (χ1n) is 8.53. The molecule has 0 aromatic heterocycles. The number of benzene rings is 2. The molecular weight excluding hydrogens is 300 g/mol. The van der Waals surface area contributed by atoms with Crippen LogP contribution in [0, 0.1) is 0 Å². The molecule has 1 heterocycles. The van der Waals surface area contributed by atoms with Gasteiger partial charge in [0.25, 0.3) is 0 Å². The zero-order chi connectivity index (χ0) is 16.6. The van der Waals surface area contributed by atoms with E-state index in [1.54, 1.807) is 0 Å². The van der Waals surface area contributed by atoms with Crippen molar-refractivity contribution >= 4 is 5.78 Å². The van der Waals surface area contributed by atoms with Gasteiger partial charge in [-0.1, -0.05) is 60.7 Å². The van der Waals surface area contributed by atoms with E-state index in [0.29, 0.717) is 12.2 Å². The Morgan fingerprint density at radius 3 is 2.29 bits per heavy atom. The second-order valence-electron chi connectivity index (χ2n) is 5.98. The third-order valence-electron chi connectivity index (χ3n) is 4.30. The van der Waals surface area contributed by atoms with Gasteiger partial charge >= 0.3 is 0 Å². The predicted molar refractivity (Wildman–Crippen MR) is 95.2 cm³/mol. The summed E-state index contributed by atoms with van der Waals surface area (Å²) < 4.78 is 6.04. The van der Waals surface area contributed by atoms with Crippen molar-refractivity contribution in [3.05, 3.63) is 71.8 Å². The molecule has 0 spiro atoms. The van der Waals surface area contributed by atoms with Crippen LogP contribution in [-0.4, -0.2) is 50.0 Å². The topological polar surface area (TPSA) is 41.6 Å². The van der Waals surface area contributed by atoms with E-state index in [-0.39, 0.29) is 5.78 Å². The van der Waals surface area contributed by atoms with Crippen molar-refractivity contribution in [2.75, 3.05) is 39.3 Å². The van der Waals surface area contributed by atoms with Gasteiger partial charge in [-0.3, -0.25) is 9.69 Å². The second-order valence-corrected chi connectivity index (χ2v) is 5.98. The summed E-state index contributed by atoms with van der Waals surface area (Å²) >= 11 is 0. The van der Waals surface area contributed by atoms with Gasteiger partial charge in [0.2, 0.25) is 0 Å². The molecule has 126 valence electrons. The minimum atomic E-state index is -0.545. The van der Waals surface area contributed by atoms with Crippen LogP contribution in [0.1, 0.15) is 22.0 Å². The minimum absolute atomic E-state index is 0.0158. The summed E-state index contributed by atoms with van der Waals surface area (Å²) in [6.07, 6.45) is -0.545. The SMILES string of the molecule is O=C(c1ccccc1)C(OCCN1CCNCC1)c1ccccc1. The van der Waals surface area contributed by atoms with E-state index >= 15 is 0 Å². The molecule has 0 amide bonds. The molecular formula is C20H24N2O2.